The Labute approximate surface area is 118 Å². The van der Waals surface area contributed by atoms with Crippen molar-refractivity contribution in [2.75, 3.05) is 26.7 Å². The molecule has 106 valence electrons. The zero-order valence-electron chi connectivity index (χ0n) is 11.8. The van der Waals surface area contributed by atoms with Crippen LogP contribution >= 0.6 is 0 Å². The zero-order valence-corrected chi connectivity index (χ0v) is 11.8. The molecule has 5 rings (SSSR count). The molecule has 2 aromatic rings. The van der Waals surface area contributed by atoms with Crippen LogP contribution < -0.4 is 0 Å². The summed E-state index contributed by atoms with van der Waals surface area (Å²) in [6, 6.07) is 3.69. The molecule has 1 atom stereocenters. The molecule has 1 unspecified atom stereocenters. The Bertz CT molecular complexity index is 582. The number of quaternary nitrogens is 1. The van der Waals surface area contributed by atoms with Crippen LogP contribution in [-0.2, 0) is 6.42 Å². The number of piperidine rings is 3. The van der Waals surface area contributed by atoms with Gasteiger partial charge >= 0.3 is 0 Å². The third-order valence-corrected chi connectivity index (χ3v) is 5.07. The lowest BCUT2D eigenvalue weighted by Gasteiger charge is -2.50. The highest BCUT2D eigenvalue weighted by atomic mass is 16.5. The molecule has 0 radical (unpaired) electrons. The summed E-state index contributed by atoms with van der Waals surface area (Å²) in [6.45, 7) is 3.93. The predicted octanol–water partition coefficient (Wildman–Crippen LogP) is 2.36. The molecule has 0 spiro atoms. The lowest BCUT2D eigenvalue weighted by Crippen LogP contribution is -2.59. The molecular weight excluding hydrogens is 254 g/mol. The number of nitrogens with zero attached hydrogens (tertiary/aromatic N) is 3. The number of hydrogen-bond donors (Lipinski definition) is 0. The molecule has 0 N–H and O–H groups in total. The number of furan rings is 1. The van der Waals surface area contributed by atoms with Crippen LogP contribution in [0.2, 0.25) is 0 Å². The minimum Gasteiger partial charge on any atom is -0.461 e. The van der Waals surface area contributed by atoms with E-state index < -0.39 is 0 Å². The van der Waals surface area contributed by atoms with Gasteiger partial charge in [-0.1, -0.05) is 5.16 Å². The van der Waals surface area contributed by atoms with E-state index in [2.05, 4.69) is 17.2 Å². The summed E-state index contributed by atoms with van der Waals surface area (Å²) in [5, 5.41) is 4.02. The first-order valence-corrected chi connectivity index (χ1v) is 7.42. The summed E-state index contributed by atoms with van der Waals surface area (Å²) in [5.74, 6) is 3.52. The molecule has 0 aromatic carbocycles. The Kier molecular flexibility index (Phi) is 2.70. The molecule has 3 aliphatic rings. The van der Waals surface area contributed by atoms with Gasteiger partial charge in [-0.05, 0) is 18.1 Å². The van der Waals surface area contributed by atoms with E-state index in [0.717, 1.165) is 18.2 Å². The highest BCUT2D eigenvalue weighted by Crippen LogP contribution is 2.38. The Morgan fingerprint density at radius 1 is 1.35 bits per heavy atom. The Hall–Kier alpha value is -1.62. The van der Waals surface area contributed by atoms with E-state index >= 15 is 0 Å². The van der Waals surface area contributed by atoms with E-state index in [1.54, 1.807) is 6.26 Å². The van der Waals surface area contributed by atoms with Crippen LogP contribution in [0.4, 0.5) is 0 Å². The Morgan fingerprint density at radius 3 is 2.90 bits per heavy atom. The van der Waals surface area contributed by atoms with Gasteiger partial charge in [-0.15, -0.1) is 0 Å². The highest BCUT2D eigenvalue weighted by molar-refractivity contribution is 5.44. The molecule has 3 fully saturated rings. The summed E-state index contributed by atoms with van der Waals surface area (Å²) < 4.78 is 11.9. The van der Waals surface area contributed by atoms with Crippen LogP contribution in [0.15, 0.2) is 27.3 Å². The monoisotopic (exact) mass is 274 g/mol. The van der Waals surface area contributed by atoms with Gasteiger partial charge in [0.2, 0.25) is 11.7 Å². The maximum absolute atomic E-state index is 5.40. The minimum atomic E-state index is 0.562. The summed E-state index contributed by atoms with van der Waals surface area (Å²) in [7, 11) is 2.38. The first-order valence-electron chi connectivity index (χ1n) is 7.42. The van der Waals surface area contributed by atoms with Crippen LogP contribution in [0, 0.1) is 11.8 Å². The van der Waals surface area contributed by atoms with Crippen LogP contribution in [0.25, 0.3) is 11.6 Å². The summed E-state index contributed by atoms with van der Waals surface area (Å²) in [4.78, 5) is 4.47. The Balaban J connectivity index is 1.50. The maximum atomic E-state index is 5.40. The highest BCUT2D eigenvalue weighted by Gasteiger charge is 2.43. The van der Waals surface area contributed by atoms with Gasteiger partial charge in [-0.3, -0.25) is 0 Å². The summed E-state index contributed by atoms with van der Waals surface area (Å²) >= 11 is 0. The summed E-state index contributed by atoms with van der Waals surface area (Å²) in [6.07, 6.45) is 5.23. The van der Waals surface area contributed by atoms with Crippen molar-refractivity contribution in [2.45, 2.75) is 19.3 Å². The van der Waals surface area contributed by atoms with Crippen LogP contribution in [0.3, 0.4) is 0 Å². The quantitative estimate of drug-likeness (QED) is 0.806. The maximum Gasteiger partial charge on any atom is 0.238 e. The molecule has 0 saturated carbocycles. The van der Waals surface area contributed by atoms with Gasteiger partial charge in [0, 0.05) is 25.2 Å². The molecule has 0 aliphatic carbocycles. The molecule has 0 amide bonds. The summed E-state index contributed by atoms with van der Waals surface area (Å²) in [5.41, 5.74) is 0. The molecule has 20 heavy (non-hydrogen) atoms. The lowest BCUT2D eigenvalue weighted by atomic mass is 9.76. The SMILES string of the molecule is C[N+]12CCC(CC1)C(Cc1nc(-c3ccco3)no1)C2. The fourth-order valence-corrected chi connectivity index (χ4v) is 3.88. The van der Waals surface area contributed by atoms with Crippen molar-refractivity contribution in [3.63, 3.8) is 0 Å². The van der Waals surface area contributed by atoms with E-state index in [9.17, 15) is 0 Å². The van der Waals surface area contributed by atoms with Gasteiger partial charge in [0.1, 0.15) is 0 Å². The smallest absolute Gasteiger partial charge is 0.238 e. The molecule has 5 nitrogen and oxygen atoms in total. The van der Waals surface area contributed by atoms with Gasteiger partial charge in [-0.25, -0.2) is 0 Å². The van der Waals surface area contributed by atoms with Crippen molar-refractivity contribution in [2.24, 2.45) is 11.8 Å². The number of rotatable bonds is 3. The van der Waals surface area contributed by atoms with Crippen molar-refractivity contribution in [3.8, 4) is 11.6 Å². The van der Waals surface area contributed by atoms with Crippen molar-refractivity contribution < 1.29 is 13.4 Å². The molecule has 3 saturated heterocycles. The second-order valence-electron chi connectivity index (χ2n) is 6.54. The lowest BCUT2D eigenvalue weighted by molar-refractivity contribution is -0.929. The molecular formula is C15H20N3O2+. The average Bonchev–Trinajstić information content (AvgIpc) is 3.09. The standard InChI is InChI=1S/C15H20N3O2/c1-18-6-4-11(5-7-18)12(10-18)9-14-16-15(17-20-14)13-3-2-8-19-13/h2-3,8,11-12H,4-7,9-10H2,1H3/q+1. The second kappa shape index (κ2) is 4.45. The van der Waals surface area contributed by atoms with Gasteiger partial charge < -0.3 is 13.4 Å². The second-order valence-corrected chi connectivity index (χ2v) is 6.54. The van der Waals surface area contributed by atoms with Gasteiger partial charge in [0.15, 0.2) is 5.76 Å². The van der Waals surface area contributed by atoms with Crippen molar-refractivity contribution in [3.05, 3.63) is 24.3 Å². The molecule has 3 aliphatic heterocycles. The molecule has 5 heteroatoms. The minimum absolute atomic E-state index is 0.562. The fourth-order valence-electron chi connectivity index (χ4n) is 3.88. The Morgan fingerprint density at radius 2 is 2.20 bits per heavy atom. The van der Waals surface area contributed by atoms with Gasteiger partial charge in [0.05, 0.1) is 32.9 Å². The molecule has 2 bridgehead atoms. The molecule has 5 heterocycles. The van der Waals surface area contributed by atoms with Crippen molar-refractivity contribution in [1.82, 2.24) is 10.1 Å². The zero-order chi connectivity index (χ0) is 13.6. The third-order valence-electron chi connectivity index (χ3n) is 5.07. The van der Waals surface area contributed by atoms with E-state index in [-0.39, 0.29) is 0 Å². The van der Waals surface area contributed by atoms with Gasteiger partial charge in [-0.2, -0.15) is 4.98 Å². The van der Waals surface area contributed by atoms with Gasteiger partial charge in [0.25, 0.3) is 0 Å². The fraction of sp³-hybridized carbons (Fsp3) is 0.600. The largest absolute Gasteiger partial charge is 0.461 e. The topological polar surface area (TPSA) is 52.1 Å². The van der Waals surface area contributed by atoms with Crippen LogP contribution in [-0.4, -0.2) is 41.3 Å². The third kappa shape index (κ3) is 2.06. The van der Waals surface area contributed by atoms with Crippen LogP contribution in [0.5, 0.6) is 0 Å². The van der Waals surface area contributed by atoms with E-state index in [1.807, 2.05) is 12.1 Å². The van der Waals surface area contributed by atoms with E-state index in [0.29, 0.717) is 17.5 Å². The average molecular weight is 274 g/mol. The number of fused-ring (bicyclic) bond motifs is 3. The van der Waals surface area contributed by atoms with Crippen LogP contribution in [0.1, 0.15) is 18.7 Å². The van der Waals surface area contributed by atoms with E-state index in [4.69, 9.17) is 8.94 Å². The predicted molar refractivity (Wildman–Crippen MR) is 72.7 cm³/mol. The number of aromatic nitrogens is 2. The van der Waals surface area contributed by atoms with E-state index in [1.165, 1.54) is 37.0 Å². The first kappa shape index (κ1) is 12.1. The number of hydrogen-bond acceptors (Lipinski definition) is 4. The normalized spacial score (nSPS) is 32.6. The first-order chi connectivity index (χ1) is 9.72. The van der Waals surface area contributed by atoms with Crippen molar-refractivity contribution >= 4 is 0 Å². The van der Waals surface area contributed by atoms with Crippen molar-refractivity contribution in [1.29, 1.82) is 0 Å². The molecule has 2 aromatic heterocycles.